The second-order valence-electron chi connectivity index (χ2n) is 5.59. The Bertz CT molecular complexity index is 674. The lowest BCUT2D eigenvalue weighted by Crippen LogP contribution is -2.22. The summed E-state index contributed by atoms with van der Waals surface area (Å²) >= 11 is 1.44. The summed E-state index contributed by atoms with van der Waals surface area (Å²) in [5.74, 6) is 0. The molecule has 5 nitrogen and oxygen atoms in total. The van der Waals surface area contributed by atoms with E-state index in [-0.39, 0.29) is 10.2 Å². The van der Waals surface area contributed by atoms with Gasteiger partial charge in [-0.15, -0.1) is 11.8 Å². The molecule has 2 N–H and O–H groups in total. The Morgan fingerprint density at radius 3 is 2.26 bits per heavy atom. The highest BCUT2D eigenvalue weighted by Crippen LogP contribution is 2.41. The number of nitro groups is 1. The van der Waals surface area contributed by atoms with Crippen molar-refractivity contribution < 1.29 is 4.92 Å². The van der Waals surface area contributed by atoms with Gasteiger partial charge in [0.25, 0.3) is 0 Å². The molecule has 0 aliphatic heterocycles. The molecular weight excluding hydrogens is 310 g/mol. The number of benzene rings is 2. The van der Waals surface area contributed by atoms with Crippen LogP contribution in [0.1, 0.15) is 17.7 Å². The largest absolute Gasteiger partial charge is 0.398 e. The van der Waals surface area contributed by atoms with Crippen molar-refractivity contribution in [1.82, 2.24) is 0 Å². The van der Waals surface area contributed by atoms with E-state index < -0.39 is 6.04 Å². The number of nitrogens with two attached hydrogens (primary N) is 1. The van der Waals surface area contributed by atoms with Crippen molar-refractivity contribution >= 4 is 23.1 Å². The summed E-state index contributed by atoms with van der Waals surface area (Å²) in [5.41, 5.74) is 8.62. The predicted octanol–water partition coefficient (Wildman–Crippen LogP) is 3.83. The summed E-state index contributed by atoms with van der Waals surface area (Å²) in [6.07, 6.45) is 0. The summed E-state index contributed by atoms with van der Waals surface area (Å²) in [6, 6.07) is 14.6. The number of rotatable bonds is 6. The van der Waals surface area contributed by atoms with Crippen LogP contribution < -0.4 is 10.6 Å². The van der Waals surface area contributed by atoms with E-state index in [1.165, 1.54) is 11.8 Å². The van der Waals surface area contributed by atoms with Crippen LogP contribution in [0.3, 0.4) is 0 Å². The van der Waals surface area contributed by atoms with Gasteiger partial charge in [-0.1, -0.05) is 24.3 Å². The monoisotopic (exact) mass is 331 g/mol. The Labute approximate surface area is 140 Å². The molecule has 0 heterocycles. The van der Waals surface area contributed by atoms with E-state index in [0.29, 0.717) is 5.69 Å². The van der Waals surface area contributed by atoms with Gasteiger partial charge >= 0.3 is 0 Å². The predicted molar refractivity (Wildman–Crippen MR) is 96.7 cm³/mol. The van der Waals surface area contributed by atoms with E-state index in [4.69, 9.17) is 5.73 Å². The minimum absolute atomic E-state index is 0.239. The maximum Gasteiger partial charge on any atom is 0.226 e. The normalized spacial score (nSPS) is 13.3. The SMILES string of the molecule is C[C@@H]([C@@H](Sc1ccccc1N)c1ccc(N(C)C)cc1)[N+](=O)[O-]. The topological polar surface area (TPSA) is 72.4 Å². The first-order chi connectivity index (χ1) is 10.9. The van der Waals surface area contributed by atoms with E-state index >= 15 is 0 Å². The fourth-order valence-corrected chi connectivity index (χ4v) is 3.47. The molecule has 0 spiro atoms. The van der Waals surface area contributed by atoms with Gasteiger partial charge in [0.1, 0.15) is 5.25 Å². The zero-order valence-electron chi connectivity index (χ0n) is 13.5. The molecule has 0 amide bonds. The molecule has 2 aromatic rings. The van der Waals surface area contributed by atoms with Crippen molar-refractivity contribution in [1.29, 1.82) is 0 Å². The van der Waals surface area contributed by atoms with Gasteiger partial charge in [0.15, 0.2) is 0 Å². The highest BCUT2D eigenvalue weighted by Gasteiger charge is 2.29. The zero-order chi connectivity index (χ0) is 17.0. The third-order valence-corrected chi connectivity index (χ3v) is 5.23. The smallest absolute Gasteiger partial charge is 0.226 e. The highest BCUT2D eigenvalue weighted by molar-refractivity contribution is 7.99. The second-order valence-corrected chi connectivity index (χ2v) is 6.77. The van der Waals surface area contributed by atoms with Gasteiger partial charge in [-0.2, -0.15) is 0 Å². The first-order valence-electron chi connectivity index (χ1n) is 7.32. The van der Waals surface area contributed by atoms with Crippen LogP contribution in [0.25, 0.3) is 0 Å². The van der Waals surface area contributed by atoms with Crippen LogP contribution in [0.5, 0.6) is 0 Å². The van der Waals surface area contributed by atoms with E-state index in [1.54, 1.807) is 6.92 Å². The molecule has 0 aliphatic rings. The van der Waals surface area contributed by atoms with Gasteiger partial charge in [0, 0.05) is 42.2 Å². The van der Waals surface area contributed by atoms with Gasteiger partial charge in [0.05, 0.1) is 0 Å². The summed E-state index contributed by atoms with van der Waals surface area (Å²) in [7, 11) is 3.93. The summed E-state index contributed by atoms with van der Waals surface area (Å²) in [4.78, 5) is 13.9. The number of anilines is 2. The number of nitrogens with zero attached hydrogens (tertiary/aromatic N) is 2. The molecule has 2 rings (SSSR count). The first-order valence-corrected chi connectivity index (χ1v) is 8.20. The minimum atomic E-state index is -0.718. The molecule has 0 fully saturated rings. The molecule has 0 saturated heterocycles. The maximum absolute atomic E-state index is 11.3. The molecule has 0 aliphatic carbocycles. The molecule has 6 heteroatoms. The van der Waals surface area contributed by atoms with Crippen molar-refractivity contribution in [3.05, 3.63) is 64.2 Å². The number of hydrogen-bond acceptors (Lipinski definition) is 5. The number of thioether (sulfide) groups is 1. The second kappa shape index (κ2) is 7.37. The van der Waals surface area contributed by atoms with E-state index in [1.807, 2.05) is 67.5 Å². The number of para-hydroxylation sites is 1. The Morgan fingerprint density at radius 1 is 1.13 bits per heavy atom. The van der Waals surface area contributed by atoms with Crippen LogP contribution >= 0.6 is 11.8 Å². The van der Waals surface area contributed by atoms with Crippen LogP contribution in [0.2, 0.25) is 0 Å². The van der Waals surface area contributed by atoms with Crippen LogP contribution in [-0.4, -0.2) is 25.1 Å². The quantitative estimate of drug-likeness (QED) is 0.377. The molecule has 0 radical (unpaired) electrons. The Hall–Kier alpha value is -2.21. The van der Waals surface area contributed by atoms with Crippen LogP contribution in [0.4, 0.5) is 11.4 Å². The van der Waals surface area contributed by atoms with Crippen molar-refractivity contribution in [2.75, 3.05) is 24.7 Å². The van der Waals surface area contributed by atoms with Crippen LogP contribution in [0, 0.1) is 10.1 Å². The fourth-order valence-electron chi connectivity index (χ4n) is 2.24. The van der Waals surface area contributed by atoms with Crippen molar-refractivity contribution in [3.8, 4) is 0 Å². The summed E-state index contributed by atoms with van der Waals surface area (Å²) in [5, 5.41) is 11.0. The van der Waals surface area contributed by atoms with Gasteiger partial charge in [-0.05, 0) is 29.8 Å². The van der Waals surface area contributed by atoms with Gasteiger partial charge in [-0.3, -0.25) is 10.1 Å². The average Bonchev–Trinajstić information content (AvgIpc) is 2.53. The zero-order valence-corrected chi connectivity index (χ0v) is 14.3. The third-order valence-electron chi connectivity index (χ3n) is 3.68. The molecule has 122 valence electrons. The lowest BCUT2D eigenvalue weighted by atomic mass is 10.1. The Kier molecular flexibility index (Phi) is 5.50. The van der Waals surface area contributed by atoms with Crippen molar-refractivity contribution in [2.45, 2.75) is 23.1 Å². The lowest BCUT2D eigenvalue weighted by molar-refractivity contribution is -0.518. The van der Waals surface area contributed by atoms with E-state index in [2.05, 4.69) is 0 Å². The first kappa shape index (κ1) is 17.1. The minimum Gasteiger partial charge on any atom is -0.398 e. The van der Waals surface area contributed by atoms with E-state index in [9.17, 15) is 10.1 Å². The lowest BCUT2D eigenvalue weighted by Gasteiger charge is -2.20. The molecule has 23 heavy (non-hydrogen) atoms. The molecule has 0 unspecified atom stereocenters. The molecule has 0 aromatic heterocycles. The van der Waals surface area contributed by atoms with Crippen molar-refractivity contribution in [2.24, 2.45) is 0 Å². The number of hydrogen-bond donors (Lipinski definition) is 1. The highest BCUT2D eigenvalue weighted by atomic mass is 32.2. The van der Waals surface area contributed by atoms with Gasteiger partial charge in [0.2, 0.25) is 6.04 Å². The average molecular weight is 331 g/mol. The molecule has 0 saturated carbocycles. The van der Waals surface area contributed by atoms with Gasteiger partial charge < -0.3 is 10.6 Å². The van der Waals surface area contributed by atoms with Crippen molar-refractivity contribution in [3.63, 3.8) is 0 Å². The Morgan fingerprint density at radius 2 is 1.74 bits per heavy atom. The fraction of sp³-hybridized carbons (Fsp3) is 0.294. The summed E-state index contributed by atoms with van der Waals surface area (Å²) in [6.45, 7) is 1.64. The van der Waals surface area contributed by atoms with E-state index in [0.717, 1.165) is 16.1 Å². The van der Waals surface area contributed by atoms with Gasteiger partial charge in [-0.25, -0.2) is 0 Å². The molecular formula is C17H21N3O2S. The van der Waals surface area contributed by atoms with Crippen LogP contribution in [0.15, 0.2) is 53.4 Å². The third kappa shape index (κ3) is 4.16. The van der Waals surface area contributed by atoms with Crippen LogP contribution in [-0.2, 0) is 0 Å². The molecule has 2 atom stereocenters. The molecule has 0 bridgehead atoms. The maximum atomic E-state index is 11.3. The molecule has 2 aromatic carbocycles. The summed E-state index contributed by atoms with van der Waals surface area (Å²) < 4.78 is 0. The Balaban J connectivity index is 2.34. The number of nitrogen functional groups attached to an aromatic ring is 1. The standard InChI is InChI=1S/C17H21N3O2S/c1-12(20(21)22)17(23-16-7-5-4-6-15(16)18)13-8-10-14(11-9-13)19(2)3/h4-12,17H,18H2,1-3H3/t12-,17+/m0/s1.